The number of alkyl carbamates (subject to hydrolysis) is 1. The highest BCUT2D eigenvalue weighted by atomic mass is 16.6. The predicted octanol–water partition coefficient (Wildman–Crippen LogP) is 7.94. The molecule has 3 atom stereocenters. The van der Waals surface area contributed by atoms with E-state index in [-0.39, 0.29) is 56.4 Å². The third-order valence-corrected chi connectivity index (χ3v) is 10.9. The lowest BCUT2D eigenvalue weighted by Crippen LogP contribution is -2.53. The SMILES string of the molecule is CC(C)(C)OC(=O)CC[C@H](NC(=O)NC(CCCCNC(=O)CCCCCNC(=O)C(Cc1ccccc1)NC(=O)OCC1c2ccccc2-c2ccccc21)C(=O)OC(C)(C)C)C(=O)OC(C)(C)C. The zero-order valence-corrected chi connectivity index (χ0v) is 42.5. The standard InChI is InChI=1S/C54H75N5O11/c1-52(2,3)68-46(61)31-30-43(49(64)70-54(7,8)9)58-50(65)57-42(48(63)69-53(4,5)6)28-19-21-32-55-45(60)29-14-11-20-33-56-47(62)44(34-36-22-12-10-13-23-36)59-51(66)67-35-41-39-26-17-15-24-37(39)38-25-16-18-27-40(38)41/h10,12-13,15-18,22-27,41-44H,11,14,19-21,28-35H2,1-9H3,(H,55,60)(H,56,62)(H,59,66)(H2,57,58,65)/t42?,43-,44?/m0/s1. The molecule has 4 rings (SSSR count). The van der Waals surface area contributed by atoms with Crippen LogP contribution in [0.2, 0.25) is 0 Å². The van der Waals surface area contributed by atoms with Crippen LogP contribution in [0.25, 0.3) is 11.1 Å². The summed E-state index contributed by atoms with van der Waals surface area (Å²) in [6.07, 6.45) is 2.66. The maximum Gasteiger partial charge on any atom is 0.407 e. The zero-order valence-electron chi connectivity index (χ0n) is 42.5. The minimum Gasteiger partial charge on any atom is -0.460 e. The summed E-state index contributed by atoms with van der Waals surface area (Å²) in [6, 6.07) is 21.7. The van der Waals surface area contributed by atoms with Gasteiger partial charge in [-0.3, -0.25) is 14.4 Å². The van der Waals surface area contributed by atoms with E-state index in [9.17, 15) is 33.6 Å². The molecule has 5 N–H and O–H groups in total. The monoisotopic (exact) mass is 970 g/mol. The number of unbranched alkanes of at least 4 members (excludes halogenated alkanes) is 3. The van der Waals surface area contributed by atoms with Crippen LogP contribution in [0.5, 0.6) is 0 Å². The Morgan fingerprint density at radius 2 is 1.04 bits per heavy atom. The molecule has 0 radical (unpaired) electrons. The highest BCUT2D eigenvalue weighted by Gasteiger charge is 2.33. The Morgan fingerprint density at radius 1 is 0.529 bits per heavy atom. The number of fused-ring (bicyclic) bond motifs is 3. The number of rotatable bonds is 24. The Morgan fingerprint density at radius 3 is 1.61 bits per heavy atom. The summed E-state index contributed by atoms with van der Waals surface area (Å²) >= 11 is 0. The van der Waals surface area contributed by atoms with E-state index in [1.165, 1.54) is 0 Å². The van der Waals surface area contributed by atoms with E-state index in [2.05, 4.69) is 38.7 Å². The summed E-state index contributed by atoms with van der Waals surface area (Å²) in [5.74, 6) is -2.54. The van der Waals surface area contributed by atoms with E-state index in [1.807, 2.05) is 66.7 Å². The van der Waals surface area contributed by atoms with Gasteiger partial charge in [-0.05, 0) is 129 Å². The fourth-order valence-electron chi connectivity index (χ4n) is 7.81. The van der Waals surface area contributed by atoms with Gasteiger partial charge in [0.05, 0.1) is 0 Å². The first-order chi connectivity index (χ1) is 33.0. The lowest BCUT2D eigenvalue weighted by Gasteiger charge is -2.27. The lowest BCUT2D eigenvalue weighted by molar-refractivity contribution is -0.159. The number of ether oxygens (including phenoxy) is 4. The van der Waals surface area contributed by atoms with Crippen molar-refractivity contribution in [3.8, 4) is 11.1 Å². The lowest BCUT2D eigenvalue weighted by atomic mass is 9.98. The first-order valence-corrected chi connectivity index (χ1v) is 24.4. The molecule has 70 heavy (non-hydrogen) atoms. The number of carbonyl (C=O) groups is 7. The summed E-state index contributed by atoms with van der Waals surface area (Å²) in [6.45, 7) is 16.2. The maximum atomic E-state index is 13.4. The molecule has 1 aliphatic rings. The molecule has 382 valence electrons. The molecule has 0 aliphatic heterocycles. The average molecular weight is 970 g/mol. The van der Waals surface area contributed by atoms with Gasteiger partial charge in [-0.25, -0.2) is 19.2 Å². The second-order valence-corrected chi connectivity index (χ2v) is 20.6. The van der Waals surface area contributed by atoms with Crippen LogP contribution in [0, 0.1) is 0 Å². The molecule has 3 aromatic carbocycles. The summed E-state index contributed by atoms with van der Waals surface area (Å²) in [7, 11) is 0. The van der Waals surface area contributed by atoms with Crippen molar-refractivity contribution in [2.45, 2.75) is 167 Å². The molecule has 5 amide bonds. The quantitative estimate of drug-likeness (QED) is 0.0330. The van der Waals surface area contributed by atoms with E-state index in [0.29, 0.717) is 45.2 Å². The molecule has 0 heterocycles. The molecular weight excluding hydrogens is 895 g/mol. The van der Waals surface area contributed by atoms with E-state index >= 15 is 0 Å². The van der Waals surface area contributed by atoms with Gasteiger partial charge in [0.25, 0.3) is 0 Å². The Labute approximate surface area is 413 Å². The van der Waals surface area contributed by atoms with Crippen molar-refractivity contribution in [3.63, 3.8) is 0 Å². The molecule has 2 unspecified atom stereocenters. The van der Waals surface area contributed by atoms with Crippen molar-refractivity contribution in [2.24, 2.45) is 0 Å². The van der Waals surface area contributed by atoms with E-state index in [1.54, 1.807) is 62.3 Å². The first-order valence-electron chi connectivity index (χ1n) is 24.4. The van der Waals surface area contributed by atoms with Crippen LogP contribution in [0.1, 0.15) is 143 Å². The zero-order chi connectivity index (χ0) is 51.5. The molecule has 0 bridgehead atoms. The van der Waals surface area contributed by atoms with Gasteiger partial charge in [0, 0.05) is 38.3 Å². The van der Waals surface area contributed by atoms with Gasteiger partial charge < -0.3 is 45.5 Å². The summed E-state index contributed by atoms with van der Waals surface area (Å²) in [5, 5.41) is 13.8. The van der Waals surface area contributed by atoms with Gasteiger partial charge in [0.2, 0.25) is 11.8 Å². The second kappa shape index (κ2) is 26.5. The smallest absolute Gasteiger partial charge is 0.407 e. The highest BCUT2D eigenvalue weighted by Crippen LogP contribution is 2.44. The Kier molecular flexibility index (Phi) is 21.3. The topological polar surface area (TPSA) is 217 Å². The summed E-state index contributed by atoms with van der Waals surface area (Å²) in [5.41, 5.74) is 2.88. The molecule has 0 fully saturated rings. The van der Waals surface area contributed by atoms with Gasteiger partial charge in [0.1, 0.15) is 41.5 Å². The molecule has 0 saturated heterocycles. The number of amides is 5. The summed E-state index contributed by atoms with van der Waals surface area (Å²) in [4.78, 5) is 91.3. The van der Waals surface area contributed by atoms with Crippen LogP contribution in [0.4, 0.5) is 9.59 Å². The number of benzene rings is 3. The van der Waals surface area contributed by atoms with Crippen molar-refractivity contribution < 1.29 is 52.5 Å². The van der Waals surface area contributed by atoms with Gasteiger partial charge in [-0.1, -0.05) is 85.3 Å². The van der Waals surface area contributed by atoms with E-state index < -0.39 is 65.0 Å². The van der Waals surface area contributed by atoms with Crippen molar-refractivity contribution in [1.82, 2.24) is 26.6 Å². The Balaban J connectivity index is 1.18. The van der Waals surface area contributed by atoms with Crippen molar-refractivity contribution in [1.29, 1.82) is 0 Å². The predicted molar refractivity (Wildman–Crippen MR) is 266 cm³/mol. The number of hydrogen-bond donors (Lipinski definition) is 5. The Hall–Kier alpha value is -6.45. The van der Waals surface area contributed by atoms with Crippen LogP contribution in [-0.2, 0) is 49.3 Å². The van der Waals surface area contributed by atoms with E-state index in [0.717, 1.165) is 27.8 Å². The van der Waals surface area contributed by atoms with E-state index in [4.69, 9.17) is 18.9 Å². The van der Waals surface area contributed by atoms with Crippen molar-refractivity contribution in [3.05, 3.63) is 95.6 Å². The second-order valence-electron chi connectivity index (χ2n) is 20.6. The minimum atomic E-state index is -1.21. The van der Waals surface area contributed by atoms with Crippen LogP contribution in [-0.4, -0.2) is 96.5 Å². The Bertz CT molecular complexity index is 2180. The molecule has 0 spiro atoms. The minimum absolute atomic E-state index is 0.0918. The molecule has 1 aliphatic carbocycles. The maximum absolute atomic E-state index is 13.4. The number of nitrogens with one attached hydrogen (secondary N) is 5. The largest absolute Gasteiger partial charge is 0.460 e. The molecule has 16 heteroatoms. The molecule has 3 aromatic rings. The van der Waals surface area contributed by atoms with Gasteiger partial charge in [-0.15, -0.1) is 0 Å². The third-order valence-electron chi connectivity index (χ3n) is 10.9. The third kappa shape index (κ3) is 20.3. The van der Waals surface area contributed by atoms with Crippen LogP contribution in [0.15, 0.2) is 78.9 Å². The number of urea groups is 1. The first kappa shape index (κ1) is 56.1. The fourth-order valence-corrected chi connectivity index (χ4v) is 7.81. The van der Waals surface area contributed by atoms with Gasteiger partial charge >= 0.3 is 30.0 Å². The average Bonchev–Trinajstić information content (AvgIpc) is 3.59. The number of hydrogen-bond acceptors (Lipinski definition) is 11. The normalized spacial score (nSPS) is 13.6. The molecule has 0 saturated carbocycles. The molecule has 16 nitrogen and oxygen atoms in total. The van der Waals surface area contributed by atoms with Crippen LogP contribution < -0.4 is 26.6 Å². The molecule has 0 aromatic heterocycles. The summed E-state index contributed by atoms with van der Waals surface area (Å²) < 4.78 is 22.2. The number of esters is 3. The van der Waals surface area contributed by atoms with Gasteiger partial charge in [0.15, 0.2) is 0 Å². The molecular formula is C54H75N5O11. The van der Waals surface area contributed by atoms with Crippen LogP contribution >= 0.6 is 0 Å². The van der Waals surface area contributed by atoms with Gasteiger partial charge in [-0.2, -0.15) is 0 Å². The van der Waals surface area contributed by atoms with Crippen molar-refractivity contribution in [2.75, 3.05) is 19.7 Å². The van der Waals surface area contributed by atoms with Crippen LogP contribution in [0.3, 0.4) is 0 Å². The fraction of sp³-hybridized carbons (Fsp3) is 0.537. The number of carbonyl (C=O) groups excluding carboxylic acids is 7. The van der Waals surface area contributed by atoms with Crippen molar-refractivity contribution >= 4 is 41.8 Å². The highest BCUT2D eigenvalue weighted by molar-refractivity contribution is 5.88.